The molecular weight excluding hydrogens is 318 g/mol. The Morgan fingerprint density at radius 2 is 1.96 bits per heavy atom. The molecule has 0 aliphatic heterocycles. The molecule has 0 amide bonds. The van der Waals surface area contributed by atoms with E-state index in [4.69, 9.17) is 0 Å². The first kappa shape index (κ1) is 15.7. The predicted octanol–water partition coefficient (Wildman–Crippen LogP) is 2.43. The Hall–Kier alpha value is -2.80. The lowest BCUT2D eigenvalue weighted by Crippen LogP contribution is -2.48. The zero-order chi connectivity index (χ0) is 17.6. The van der Waals surface area contributed by atoms with Gasteiger partial charge in [-0.25, -0.2) is 0 Å². The van der Waals surface area contributed by atoms with Crippen molar-refractivity contribution in [3.63, 3.8) is 0 Å². The molecule has 1 saturated carbocycles. The summed E-state index contributed by atoms with van der Waals surface area (Å²) in [6, 6.07) is 3.67. The van der Waals surface area contributed by atoms with Crippen LogP contribution in [0, 0.1) is 6.92 Å². The lowest BCUT2D eigenvalue weighted by molar-refractivity contribution is -0.0235. The molecule has 7 nitrogen and oxygen atoms in total. The highest BCUT2D eigenvalue weighted by molar-refractivity contribution is 5.99. The van der Waals surface area contributed by atoms with Gasteiger partial charge in [0.1, 0.15) is 17.1 Å². The molecular formula is C18H19N5O2. The Bertz CT molecular complexity index is 949. The number of hydrogen-bond donors (Lipinski definition) is 3. The lowest BCUT2D eigenvalue weighted by Gasteiger charge is -2.41. The minimum Gasteiger partial charge on any atom is -0.506 e. The molecule has 4 rings (SSSR count). The summed E-state index contributed by atoms with van der Waals surface area (Å²) in [4.78, 5) is 8.48. The Kier molecular flexibility index (Phi) is 3.54. The minimum atomic E-state index is -0.611. The van der Waals surface area contributed by atoms with Crippen LogP contribution in [-0.2, 0) is 0 Å². The van der Waals surface area contributed by atoms with Crippen LogP contribution in [0.3, 0.4) is 0 Å². The van der Waals surface area contributed by atoms with Crippen LogP contribution in [0.15, 0.2) is 30.7 Å². The third-order valence-electron chi connectivity index (χ3n) is 4.52. The SMILES string of the molecule is Cc1cnc(-c2nnc(NC3CC(C)(O)C3)c3ccncc23)c(O)c1. The molecule has 1 aliphatic carbocycles. The molecule has 0 radical (unpaired) electrons. The first-order chi connectivity index (χ1) is 11.9. The van der Waals surface area contributed by atoms with Crippen LogP contribution >= 0.6 is 0 Å². The first-order valence-corrected chi connectivity index (χ1v) is 8.18. The largest absolute Gasteiger partial charge is 0.506 e. The molecule has 0 atom stereocenters. The van der Waals surface area contributed by atoms with Gasteiger partial charge < -0.3 is 15.5 Å². The van der Waals surface area contributed by atoms with E-state index in [1.165, 1.54) is 0 Å². The zero-order valence-electron chi connectivity index (χ0n) is 14.1. The van der Waals surface area contributed by atoms with Gasteiger partial charge in [-0.3, -0.25) is 9.97 Å². The van der Waals surface area contributed by atoms with Crippen LogP contribution in [0.1, 0.15) is 25.3 Å². The van der Waals surface area contributed by atoms with Crippen molar-refractivity contribution in [2.75, 3.05) is 5.32 Å². The summed E-state index contributed by atoms with van der Waals surface area (Å²) in [5, 5.41) is 33.7. The second kappa shape index (κ2) is 5.63. The van der Waals surface area contributed by atoms with Crippen molar-refractivity contribution < 1.29 is 10.2 Å². The number of nitrogens with zero attached hydrogens (tertiary/aromatic N) is 4. The van der Waals surface area contributed by atoms with Gasteiger partial charge in [0.2, 0.25) is 0 Å². The van der Waals surface area contributed by atoms with Crippen LogP contribution in [-0.4, -0.2) is 42.0 Å². The number of pyridine rings is 2. The zero-order valence-corrected chi connectivity index (χ0v) is 14.1. The molecule has 3 aromatic rings. The maximum absolute atomic E-state index is 10.2. The van der Waals surface area contributed by atoms with Gasteiger partial charge in [-0.05, 0) is 44.4 Å². The van der Waals surface area contributed by atoms with E-state index in [0.717, 1.165) is 16.3 Å². The van der Waals surface area contributed by atoms with Crippen molar-refractivity contribution in [3.8, 4) is 17.1 Å². The molecule has 3 heterocycles. The molecule has 0 aromatic carbocycles. The molecule has 7 heteroatoms. The summed E-state index contributed by atoms with van der Waals surface area (Å²) in [5.74, 6) is 0.712. The molecule has 3 aromatic heterocycles. The van der Waals surface area contributed by atoms with Crippen LogP contribution in [0.25, 0.3) is 22.2 Å². The fourth-order valence-electron chi connectivity index (χ4n) is 3.31. The number of anilines is 1. The van der Waals surface area contributed by atoms with Gasteiger partial charge in [0.25, 0.3) is 0 Å². The van der Waals surface area contributed by atoms with Crippen molar-refractivity contribution in [2.45, 2.75) is 38.3 Å². The van der Waals surface area contributed by atoms with Gasteiger partial charge in [0, 0.05) is 35.4 Å². The number of hydrogen-bond acceptors (Lipinski definition) is 7. The molecule has 1 fully saturated rings. The summed E-state index contributed by atoms with van der Waals surface area (Å²) in [6.07, 6.45) is 6.41. The minimum absolute atomic E-state index is 0.0650. The van der Waals surface area contributed by atoms with Crippen LogP contribution < -0.4 is 5.32 Å². The highest BCUT2D eigenvalue weighted by atomic mass is 16.3. The molecule has 0 unspecified atom stereocenters. The third kappa shape index (κ3) is 2.87. The summed E-state index contributed by atoms with van der Waals surface area (Å²) >= 11 is 0. The number of aromatic nitrogens is 4. The quantitative estimate of drug-likeness (QED) is 0.674. The molecule has 0 spiro atoms. The monoisotopic (exact) mass is 337 g/mol. The van der Waals surface area contributed by atoms with E-state index in [2.05, 4.69) is 25.5 Å². The Labute approximate surface area is 144 Å². The fourth-order valence-corrected chi connectivity index (χ4v) is 3.31. The average molecular weight is 337 g/mol. The molecule has 3 N–H and O–H groups in total. The van der Waals surface area contributed by atoms with Crippen LogP contribution in [0.4, 0.5) is 5.82 Å². The van der Waals surface area contributed by atoms with Crippen molar-refractivity contribution >= 4 is 16.6 Å². The van der Waals surface area contributed by atoms with Crippen LogP contribution in [0.5, 0.6) is 5.75 Å². The van der Waals surface area contributed by atoms with E-state index in [9.17, 15) is 10.2 Å². The number of fused-ring (bicyclic) bond motifs is 1. The van der Waals surface area contributed by atoms with Gasteiger partial charge in [-0.1, -0.05) is 0 Å². The van der Waals surface area contributed by atoms with Gasteiger partial charge in [-0.15, -0.1) is 10.2 Å². The number of aliphatic hydroxyl groups is 1. The summed E-state index contributed by atoms with van der Waals surface area (Å²) in [6.45, 7) is 3.69. The summed E-state index contributed by atoms with van der Waals surface area (Å²) < 4.78 is 0. The van der Waals surface area contributed by atoms with Gasteiger partial charge in [0.05, 0.1) is 5.60 Å². The normalized spacial score (nSPS) is 22.6. The topological polar surface area (TPSA) is 104 Å². The molecule has 0 saturated heterocycles. The first-order valence-electron chi connectivity index (χ1n) is 8.18. The number of rotatable bonds is 3. The molecule has 1 aliphatic rings. The molecule has 25 heavy (non-hydrogen) atoms. The van der Waals surface area contributed by atoms with Crippen molar-refractivity contribution in [1.82, 2.24) is 20.2 Å². The highest BCUT2D eigenvalue weighted by Crippen LogP contribution is 2.36. The maximum atomic E-state index is 10.2. The van der Waals surface area contributed by atoms with E-state index in [0.29, 0.717) is 30.0 Å². The highest BCUT2D eigenvalue weighted by Gasteiger charge is 2.38. The average Bonchev–Trinajstić information content (AvgIpc) is 2.54. The van der Waals surface area contributed by atoms with Crippen LogP contribution in [0.2, 0.25) is 0 Å². The van der Waals surface area contributed by atoms with Crippen molar-refractivity contribution in [2.24, 2.45) is 0 Å². The smallest absolute Gasteiger partial charge is 0.156 e. The predicted molar refractivity (Wildman–Crippen MR) is 94.2 cm³/mol. The second-order valence-corrected chi connectivity index (χ2v) is 6.95. The third-order valence-corrected chi connectivity index (χ3v) is 4.52. The standard InChI is InChI=1S/C18H19N5O2/c1-10-5-14(24)16(20-8-10)15-13-9-19-4-3-12(13)17(23-22-15)21-11-6-18(2,25)7-11/h3-5,8-9,11,24-25H,6-7H2,1-2H3,(H,21,23). The maximum Gasteiger partial charge on any atom is 0.156 e. The second-order valence-electron chi connectivity index (χ2n) is 6.95. The van der Waals surface area contributed by atoms with E-state index in [1.54, 1.807) is 24.7 Å². The van der Waals surface area contributed by atoms with E-state index >= 15 is 0 Å². The Morgan fingerprint density at radius 3 is 2.68 bits per heavy atom. The van der Waals surface area contributed by atoms with Gasteiger partial charge in [0.15, 0.2) is 5.82 Å². The molecule has 128 valence electrons. The number of aryl methyl sites for hydroxylation is 1. The van der Waals surface area contributed by atoms with Crippen molar-refractivity contribution in [3.05, 3.63) is 36.3 Å². The van der Waals surface area contributed by atoms with E-state index in [1.807, 2.05) is 19.9 Å². The Balaban J connectivity index is 1.77. The van der Waals surface area contributed by atoms with E-state index < -0.39 is 5.60 Å². The summed E-state index contributed by atoms with van der Waals surface area (Å²) in [5.41, 5.74) is 1.13. The number of aromatic hydroxyl groups is 1. The van der Waals surface area contributed by atoms with E-state index in [-0.39, 0.29) is 11.8 Å². The number of nitrogens with one attached hydrogen (secondary N) is 1. The van der Waals surface area contributed by atoms with Crippen molar-refractivity contribution in [1.29, 1.82) is 0 Å². The van der Waals surface area contributed by atoms with Gasteiger partial charge >= 0.3 is 0 Å². The van der Waals surface area contributed by atoms with Gasteiger partial charge in [-0.2, -0.15) is 0 Å². The lowest BCUT2D eigenvalue weighted by atomic mass is 9.77. The summed E-state index contributed by atoms with van der Waals surface area (Å²) in [7, 11) is 0. The molecule has 0 bridgehead atoms. The fraction of sp³-hybridized carbons (Fsp3) is 0.333. The Morgan fingerprint density at radius 1 is 1.16 bits per heavy atom.